The fraction of sp³-hybridized carbons (Fsp3) is 0.727. The molecule has 2 rings (SSSR count). The minimum Gasteiger partial charge on any atom is -0.347 e. The van der Waals surface area contributed by atoms with Crippen molar-refractivity contribution in [1.82, 2.24) is 19.0 Å². The summed E-state index contributed by atoms with van der Waals surface area (Å²) >= 11 is 0. The lowest BCUT2D eigenvalue weighted by molar-refractivity contribution is 0.220. The Kier molecular flexibility index (Phi) is 4.04. The second kappa shape index (κ2) is 5.38. The highest BCUT2D eigenvalue weighted by atomic mass is 32.2. The Morgan fingerprint density at radius 2 is 2.11 bits per heavy atom. The molecule has 1 fully saturated rings. The summed E-state index contributed by atoms with van der Waals surface area (Å²) in [6.07, 6.45) is 4.24. The average Bonchev–Trinajstić information content (AvgIpc) is 2.78. The molecular formula is C11H20N4O2S. The molecule has 6 nitrogen and oxygen atoms in total. The summed E-state index contributed by atoms with van der Waals surface area (Å²) < 4.78 is 28.4. The summed E-state index contributed by atoms with van der Waals surface area (Å²) in [6.45, 7) is 5.63. The summed E-state index contributed by atoms with van der Waals surface area (Å²) in [5.74, 6) is 0.829. The van der Waals surface area contributed by atoms with Crippen LogP contribution in [-0.4, -0.2) is 35.8 Å². The molecule has 1 aromatic heterocycles. The Morgan fingerprint density at radius 3 is 2.67 bits per heavy atom. The zero-order valence-corrected chi connectivity index (χ0v) is 11.6. The fourth-order valence-corrected chi connectivity index (χ4v) is 3.87. The number of nitrogens with one attached hydrogen (secondary N) is 2. The highest BCUT2D eigenvalue weighted by Crippen LogP contribution is 2.22. The topological polar surface area (TPSA) is 78.1 Å². The van der Waals surface area contributed by atoms with E-state index in [1.54, 1.807) is 10.5 Å². The third kappa shape index (κ3) is 3.30. The first-order chi connectivity index (χ1) is 8.47. The van der Waals surface area contributed by atoms with Crippen LogP contribution in [0.25, 0.3) is 0 Å². The third-order valence-electron chi connectivity index (χ3n) is 3.18. The Labute approximate surface area is 108 Å². The number of aromatic amines is 1. The van der Waals surface area contributed by atoms with Crippen molar-refractivity contribution >= 4 is 10.2 Å². The maximum atomic E-state index is 12.2. The highest BCUT2D eigenvalue weighted by molar-refractivity contribution is 7.87. The molecule has 0 aromatic carbocycles. The molecule has 1 saturated heterocycles. The van der Waals surface area contributed by atoms with Gasteiger partial charge in [0, 0.05) is 25.0 Å². The van der Waals surface area contributed by atoms with Gasteiger partial charge in [0.05, 0.1) is 12.9 Å². The van der Waals surface area contributed by atoms with Crippen molar-refractivity contribution in [1.29, 1.82) is 0 Å². The molecule has 7 heteroatoms. The molecule has 1 aliphatic rings. The van der Waals surface area contributed by atoms with Gasteiger partial charge >= 0.3 is 0 Å². The van der Waals surface area contributed by atoms with Crippen molar-refractivity contribution in [2.24, 2.45) is 11.8 Å². The van der Waals surface area contributed by atoms with Crippen LogP contribution in [-0.2, 0) is 16.8 Å². The number of piperidine rings is 1. The van der Waals surface area contributed by atoms with Crippen molar-refractivity contribution in [3.63, 3.8) is 0 Å². The lowest BCUT2D eigenvalue weighted by Crippen LogP contribution is -2.47. The molecule has 0 bridgehead atoms. The fourth-order valence-electron chi connectivity index (χ4n) is 2.44. The maximum absolute atomic E-state index is 12.2. The quantitative estimate of drug-likeness (QED) is 0.848. The molecule has 2 atom stereocenters. The normalized spacial score (nSPS) is 26.3. The molecule has 2 N–H and O–H groups in total. The number of hydrogen-bond donors (Lipinski definition) is 2. The minimum atomic E-state index is -3.39. The van der Waals surface area contributed by atoms with E-state index in [9.17, 15) is 8.42 Å². The van der Waals surface area contributed by atoms with E-state index in [1.807, 2.05) is 0 Å². The number of hydrogen-bond acceptors (Lipinski definition) is 3. The van der Waals surface area contributed by atoms with Gasteiger partial charge in [0.1, 0.15) is 0 Å². The monoisotopic (exact) mass is 272 g/mol. The van der Waals surface area contributed by atoms with Gasteiger partial charge in [-0.3, -0.25) is 0 Å². The lowest BCUT2D eigenvalue weighted by atomic mass is 9.94. The van der Waals surface area contributed by atoms with Crippen molar-refractivity contribution in [2.75, 3.05) is 13.1 Å². The van der Waals surface area contributed by atoms with Gasteiger partial charge in [0.2, 0.25) is 0 Å². The van der Waals surface area contributed by atoms with E-state index in [1.165, 1.54) is 6.33 Å². The summed E-state index contributed by atoms with van der Waals surface area (Å²) in [7, 11) is -3.39. The standard InChI is InChI=1S/C11H20N4O2S/c1-9-3-10(2)7-15(6-9)18(16,17)14-5-11-4-12-8-13-11/h4,8-10,14H,3,5-7H2,1-2H3,(H,12,13). The minimum absolute atomic E-state index is 0.252. The smallest absolute Gasteiger partial charge is 0.279 e. The molecule has 0 spiro atoms. The molecule has 0 aliphatic carbocycles. The second-order valence-corrected chi connectivity index (χ2v) is 6.92. The Bertz CT molecular complexity index is 461. The Balaban J connectivity index is 1.97. The van der Waals surface area contributed by atoms with E-state index in [2.05, 4.69) is 28.5 Å². The van der Waals surface area contributed by atoms with E-state index in [0.29, 0.717) is 24.9 Å². The molecular weight excluding hydrogens is 252 g/mol. The molecule has 102 valence electrons. The van der Waals surface area contributed by atoms with Crippen molar-refractivity contribution < 1.29 is 8.42 Å². The van der Waals surface area contributed by atoms with Crippen molar-refractivity contribution in [3.05, 3.63) is 18.2 Å². The summed E-state index contributed by atoms with van der Waals surface area (Å²) in [6, 6.07) is 0. The molecule has 2 heterocycles. The highest BCUT2D eigenvalue weighted by Gasteiger charge is 2.30. The van der Waals surface area contributed by atoms with Gasteiger partial charge in [0.25, 0.3) is 10.2 Å². The summed E-state index contributed by atoms with van der Waals surface area (Å²) in [5.41, 5.74) is 0.761. The Morgan fingerprint density at radius 1 is 1.44 bits per heavy atom. The first-order valence-corrected chi connectivity index (χ1v) is 7.63. The van der Waals surface area contributed by atoms with Gasteiger partial charge in [-0.25, -0.2) is 4.98 Å². The van der Waals surface area contributed by atoms with Crippen LogP contribution in [0.15, 0.2) is 12.5 Å². The van der Waals surface area contributed by atoms with Crippen molar-refractivity contribution in [2.45, 2.75) is 26.8 Å². The molecule has 1 aliphatic heterocycles. The molecule has 2 unspecified atom stereocenters. The molecule has 1 aromatic rings. The van der Waals surface area contributed by atoms with E-state index in [-0.39, 0.29) is 6.54 Å². The SMILES string of the molecule is CC1CC(C)CN(S(=O)(=O)NCc2cnc[nH]2)C1. The van der Waals surface area contributed by atoms with Crippen LogP contribution in [0.3, 0.4) is 0 Å². The van der Waals surface area contributed by atoms with Crippen LogP contribution < -0.4 is 4.72 Å². The van der Waals surface area contributed by atoms with Gasteiger partial charge in [-0.05, 0) is 18.3 Å². The van der Waals surface area contributed by atoms with E-state index < -0.39 is 10.2 Å². The number of aromatic nitrogens is 2. The van der Waals surface area contributed by atoms with Gasteiger partial charge < -0.3 is 4.98 Å². The van der Waals surface area contributed by atoms with E-state index in [4.69, 9.17) is 0 Å². The van der Waals surface area contributed by atoms with Gasteiger partial charge in [-0.15, -0.1) is 0 Å². The van der Waals surface area contributed by atoms with Gasteiger partial charge in [-0.1, -0.05) is 13.8 Å². The molecule has 18 heavy (non-hydrogen) atoms. The van der Waals surface area contributed by atoms with Crippen LogP contribution in [0.1, 0.15) is 26.0 Å². The van der Waals surface area contributed by atoms with Crippen molar-refractivity contribution in [3.8, 4) is 0 Å². The Hall–Kier alpha value is -0.920. The molecule has 0 saturated carbocycles. The summed E-state index contributed by atoms with van der Waals surface area (Å²) in [5, 5.41) is 0. The van der Waals surface area contributed by atoms with Crippen LogP contribution in [0.2, 0.25) is 0 Å². The average molecular weight is 272 g/mol. The zero-order chi connectivity index (χ0) is 13.2. The number of rotatable bonds is 4. The lowest BCUT2D eigenvalue weighted by Gasteiger charge is -2.33. The van der Waals surface area contributed by atoms with Crippen LogP contribution in [0.4, 0.5) is 0 Å². The first-order valence-electron chi connectivity index (χ1n) is 6.19. The predicted octanol–water partition coefficient (Wildman–Crippen LogP) is 0.722. The van der Waals surface area contributed by atoms with Crippen LogP contribution in [0, 0.1) is 11.8 Å². The number of nitrogens with zero attached hydrogens (tertiary/aromatic N) is 2. The number of H-pyrrole nitrogens is 1. The van der Waals surface area contributed by atoms with Gasteiger partial charge in [0.15, 0.2) is 0 Å². The molecule has 0 amide bonds. The van der Waals surface area contributed by atoms with E-state index in [0.717, 1.165) is 12.1 Å². The largest absolute Gasteiger partial charge is 0.347 e. The first kappa shape index (κ1) is 13.5. The van der Waals surface area contributed by atoms with Crippen LogP contribution >= 0.6 is 0 Å². The number of imidazole rings is 1. The summed E-state index contributed by atoms with van der Waals surface area (Å²) in [4.78, 5) is 6.73. The third-order valence-corrected chi connectivity index (χ3v) is 4.66. The van der Waals surface area contributed by atoms with E-state index >= 15 is 0 Å². The zero-order valence-electron chi connectivity index (χ0n) is 10.8. The molecule has 0 radical (unpaired) electrons. The maximum Gasteiger partial charge on any atom is 0.279 e. The van der Waals surface area contributed by atoms with Crippen LogP contribution in [0.5, 0.6) is 0 Å². The second-order valence-electron chi connectivity index (χ2n) is 5.17. The van der Waals surface area contributed by atoms with Gasteiger partial charge in [-0.2, -0.15) is 17.4 Å². The predicted molar refractivity (Wildman–Crippen MR) is 68.9 cm³/mol.